The van der Waals surface area contributed by atoms with Crippen LogP contribution in [0.25, 0.3) is 39.3 Å². The van der Waals surface area contributed by atoms with Crippen molar-refractivity contribution in [3.8, 4) is 11.3 Å². The molecule has 26 heteroatoms. The van der Waals surface area contributed by atoms with Crippen LogP contribution in [-0.4, -0.2) is 155 Å². The quantitative estimate of drug-likeness (QED) is 0.101. The van der Waals surface area contributed by atoms with Crippen molar-refractivity contribution in [1.82, 2.24) is 39.7 Å². The topological polar surface area (TPSA) is 249 Å². The van der Waals surface area contributed by atoms with Crippen LogP contribution in [0, 0.1) is 0 Å². The Morgan fingerprint density at radius 2 is 1.21 bits per heavy atom. The number of nitrogens with zero attached hydrogens (tertiary/aromatic N) is 13. The number of nitrogens with one attached hydrogen (secondary N) is 2. The number of alkyl halides is 4. The van der Waals surface area contributed by atoms with Crippen molar-refractivity contribution in [3.05, 3.63) is 83.9 Å². The van der Waals surface area contributed by atoms with Crippen LogP contribution in [0.5, 0.6) is 0 Å². The van der Waals surface area contributed by atoms with E-state index in [1.54, 1.807) is 65.4 Å². The molecule has 11 heterocycles. The standard InChI is InChI=1S/C25H26F2N8O3.C24H26F2N8O3/c1-33-15-16(14-28-33)18-3-2-4-20(29-18)30-23(36)17-13-19-21(32-24(38-19)35-9-11-37-12-10-35)31-22(17)34-7-5-25(26,27)6-8-34;1-28-13-15(12-27)17-3-2-4-19(29-17)30-22(35)16-11-18-20(31-21(16)34-6-5-24(25,26)14-34)32-23(37-18)33-7-9-36-10-8-33/h2-4,13-15H,5-12H2,1H3,(H,29,30,36);2-4,11-13H,5-10,14,27H2,1H3,(H,29,30,35)/b;15-12+,28-13?. The number of aromatic nitrogens is 8. The molecule has 0 aliphatic carbocycles. The molecule has 75 heavy (non-hydrogen) atoms. The summed E-state index contributed by atoms with van der Waals surface area (Å²) >= 11 is 0. The number of aryl methyl sites for hydroxylation is 1. The molecule has 4 aliphatic heterocycles. The number of fused-ring (bicyclic) bond motifs is 2. The van der Waals surface area contributed by atoms with Crippen LogP contribution in [0.4, 0.5) is 52.9 Å². The molecular weight excluding hydrogens is 985 g/mol. The van der Waals surface area contributed by atoms with Crippen LogP contribution in [0.2, 0.25) is 0 Å². The summed E-state index contributed by atoms with van der Waals surface area (Å²) in [6, 6.07) is 14.1. The summed E-state index contributed by atoms with van der Waals surface area (Å²) < 4.78 is 80.2. The Hall–Kier alpha value is -8.26. The summed E-state index contributed by atoms with van der Waals surface area (Å²) in [6.45, 7) is 4.23. The number of carbonyl (C=O) groups is 2. The highest BCUT2D eigenvalue weighted by molar-refractivity contribution is 6.11. The number of hydrogen-bond donors (Lipinski definition) is 3. The average Bonchev–Trinajstić information content (AvgIpc) is 4.24. The number of allylic oxidation sites excluding steroid dienone is 1. The maximum atomic E-state index is 14.1. The van der Waals surface area contributed by atoms with E-state index in [0.717, 1.165) is 5.56 Å². The molecule has 4 aliphatic rings. The number of pyridine rings is 4. The van der Waals surface area contributed by atoms with Gasteiger partial charge in [-0.15, -0.1) is 0 Å². The minimum absolute atomic E-state index is 0.0503. The van der Waals surface area contributed by atoms with E-state index in [1.807, 2.05) is 29.1 Å². The molecule has 0 aromatic carbocycles. The first kappa shape index (κ1) is 50.3. The number of hydrogen-bond acceptors (Lipinski definition) is 19. The van der Waals surface area contributed by atoms with Crippen LogP contribution in [0.1, 0.15) is 45.7 Å². The number of morpholine rings is 2. The summed E-state index contributed by atoms with van der Waals surface area (Å²) in [4.78, 5) is 64.9. The predicted molar refractivity (Wildman–Crippen MR) is 271 cm³/mol. The zero-order valence-electron chi connectivity index (χ0n) is 40.9. The smallest absolute Gasteiger partial charge is 0.300 e. The third kappa shape index (κ3) is 11.4. The summed E-state index contributed by atoms with van der Waals surface area (Å²) in [7, 11) is 3.42. The molecule has 0 radical (unpaired) electrons. The van der Waals surface area contributed by atoms with Gasteiger partial charge in [-0.2, -0.15) is 15.1 Å². The number of ether oxygens (including phenoxy) is 2. The van der Waals surface area contributed by atoms with Crippen LogP contribution in [0.15, 0.2) is 81.0 Å². The van der Waals surface area contributed by atoms with Gasteiger partial charge >= 0.3 is 0 Å². The van der Waals surface area contributed by atoms with Crippen molar-refractivity contribution in [2.75, 3.05) is 116 Å². The Bertz CT molecular complexity index is 3270. The number of amides is 2. The van der Waals surface area contributed by atoms with E-state index in [9.17, 15) is 27.2 Å². The lowest BCUT2D eigenvalue weighted by molar-refractivity contribution is -0.0221. The van der Waals surface area contributed by atoms with E-state index in [0.29, 0.717) is 98.6 Å². The number of nitrogens with two attached hydrogens (primary N) is 1. The fourth-order valence-electron chi connectivity index (χ4n) is 8.83. The van der Waals surface area contributed by atoms with Gasteiger partial charge in [0.2, 0.25) is 11.3 Å². The Labute approximate surface area is 425 Å². The van der Waals surface area contributed by atoms with Crippen molar-refractivity contribution in [2.24, 2.45) is 17.8 Å². The number of piperidine rings is 1. The molecule has 0 unspecified atom stereocenters. The van der Waals surface area contributed by atoms with Gasteiger partial charge in [0.05, 0.1) is 61.7 Å². The van der Waals surface area contributed by atoms with Crippen molar-refractivity contribution in [3.63, 3.8) is 0 Å². The molecule has 4 fully saturated rings. The van der Waals surface area contributed by atoms with E-state index in [2.05, 4.69) is 50.6 Å². The van der Waals surface area contributed by atoms with Crippen molar-refractivity contribution in [2.45, 2.75) is 31.1 Å². The monoisotopic (exact) mass is 1040 g/mol. The lowest BCUT2D eigenvalue weighted by atomic mass is 10.1. The highest BCUT2D eigenvalue weighted by atomic mass is 19.3. The van der Waals surface area contributed by atoms with Gasteiger partial charge in [0.25, 0.3) is 35.7 Å². The summed E-state index contributed by atoms with van der Waals surface area (Å²) in [6.07, 6.45) is 5.45. The lowest BCUT2D eigenvalue weighted by Crippen LogP contribution is -2.40. The third-order valence-electron chi connectivity index (χ3n) is 12.7. The highest BCUT2D eigenvalue weighted by Crippen LogP contribution is 2.36. The Morgan fingerprint density at radius 1 is 0.680 bits per heavy atom. The highest BCUT2D eigenvalue weighted by Gasteiger charge is 2.41. The van der Waals surface area contributed by atoms with E-state index >= 15 is 0 Å². The molecule has 0 saturated carbocycles. The molecule has 22 nitrogen and oxygen atoms in total. The Kier molecular flexibility index (Phi) is 14.3. The van der Waals surface area contributed by atoms with Gasteiger partial charge in [0.1, 0.15) is 23.3 Å². The molecule has 11 rings (SSSR count). The van der Waals surface area contributed by atoms with E-state index in [4.69, 9.17) is 24.0 Å². The van der Waals surface area contributed by atoms with Crippen LogP contribution in [-0.2, 0) is 16.5 Å². The SMILES string of the molecule is CN=C/C(=C\N)c1cccc(NC(=O)c2cc3oc(N4CCOCC4)nc3nc2N2CCC(F)(F)C2)n1.Cn1cc(-c2cccc(NC(=O)c3cc4oc(N5CCOCC5)nc4nc3N3CCC(F)(F)CC3)n2)cn1. The molecule has 0 atom stereocenters. The average molecular weight is 1040 g/mol. The van der Waals surface area contributed by atoms with Gasteiger partial charge < -0.3 is 54.3 Å². The molecule has 392 valence electrons. The minimum Gasteiger partial charge on any atom is -0.422 e. The first-order valence-corrected chi connectivity index (χ1v) is 24.2. The zero-order valence-corrected chi connectivity index (χ0v) is 40.9. The van der Waals surface area contributed by atoms with Crippen molar-refractivity contribution >= 4 is 81.4 Å². The minimum atomic E-state index is -2.88. The summed E-state index contributed by atoms with van der Waals surface area (Å²) in [5, 5.41) is 9.72. The number of halogens is 4. The van der Waals surface area contributed by atoms with Crippen LogP contribution >= 0.6 is 0 Å². The maximum absolute atomic E-state index is 14.1. The number of aliphatic imine (C=N–C) groups is 1. The fraction of sp³-hybridized carbons (Fsp3) is 0.388. The number of carbonyl (C=O) groups excluding carboxylic acids is 2. The first-order chi connectivity index (χ1) is 36.2. The van der Waals surface area contributed by atoms with Gasteiger partial charge in [-0.1, -0.05) is 12.1 Å². The maximum Gasteiger partial charge on any atom is 0.300 e. The molecule has 4 saturated heterocycles. The lowest BCUT2D eigenvalue weighted by Gasteiger charge is -2.33. The molecule has 2 amide bonds. The molecule has 7 aromatic rings. The number of oxazole rings is 2. The predicted octanol–water partition coefficient (Wildman–Crippen LogP) is 5.90. The Morgan fingerprint density at radius 3 is 1.73 bits per heavy atom. The number of anilines is 6. The van der Waals surface area contributed by atoms with Gasteiger partial charge in [-0.3, -0.25) is 19.3 Å². The second-order valence-electron chi connectivity index (χ2n) is 18.1. The van der Waals surface area contributed by atoms with Gasteiger partial charge in [0, 0.05) is 121 Å². The normalized spacial score (nSPS) is 17.9. The third-order valence-corrected chi connectivity index (χ3v) is 12.7. The van der Waals surface area contributed by atoms with Crippen LogP contribution in [0.3, 0.4) is 0 Å². The second-order valence-corrected chi connectivity index (χ2v) is 18.1. The van der Waals surface area contributed by atoms with Crippen LogP contribution < -0.4 is 36.0 Å². The Balaban J connectivity index is 0.000000171. The molecule has 0 spiro atoms. The second kappa shape index (κ2) is 21.3. The molecule has 0 bridgehead atoms. The fourth-order valence-corrected chi connectivity index (χ4v) is 8.83. The zero-order chi connectivity index (χ0) is 52.3. The van der Waals surface area contributed by atoms with Gasteiger partial charge in [0.15, 0.2) is 11.2 Å². The largest absolute Gasteiger partial charge is 0.422 e. The van der Waals surface area contributed by atoms with Crippen molar-refractivity contribution in [1.29, 1.82) is 0 Å². The molecule has 4 N–H and O–H groups in total. The van der Waals surface area contributed by atoms with E-state index < -0.39 is 30.2 Å². The molecular formula is C49H52F4N16O6. The van der Waals surface area contributed by atoms with Gasteiger partial charge in [-0.25, -0.2) is 37.5 Å². The van der Waals surface area contributed by atoms with Gasteiger partial charge in [-0.05, 0) is 24.3 Å². The van der Waals surface area contributed by atoms with E-state index in [-0.39, 0.29) is 78.7 Å². The van der Waals surface area contributed by atoms with E-state index in [1.165, 1.54) is 17.2 Å². The van der Waals surface area contributed by atoms with Crippen molar-refractivity contribution < 1.29 is 45.5 Å². The molecule has 7 aromatic heterocycles. The number of rotatable bonds is 11. The summed E-state index contributed by atoms with van der Waals surface area (Å²) in [5.41, 5.74) is 9.62. The first-order valence-electron chi connectivity index (χ1n) is 24.2. The summed E-state index contributed by atoms with van der Waals surface area (Å²) in [5.74, 6) is -5.69.